The highest BCUT2D eigenvalue weighted by atomic mass is 16.2. The molecule has 0 atom stereocenters. The third-order valence-electron chi connectivity index (χ3n) is 3.81. The lowest BCUT2D eigenvalue weighted by molar-refractivity contribution is -0.125. The van der Waals surface area contributed by atoms with Gasteiger partial charge in [0.2, 0.25) is 5.91 Å². The number of nitrogens with two attached hydrogens (primary N) is 1. The monoisotopic (exact) mass is 284 g/mol. The normalized spacial score (nSPS) is 16.1. The number of nitrogen functional groups attached to an aromatic ring is 1. The molecular weight excluding hydrogens is 260 g/mol. The van der Waals surface area contributed by atoms with E-state index in [1.165, 1.54) is 5.57 Å². The minimum atomic E-state index is 0.0571. The number of rotatable bonds is 2. The molecule has 0 saturated heterocycles. The number of carbonyl (C=O) groups excluding carboxylic acids is 1. The SMILES string of the molecule is CC(C)(C)C1=CCN(C(=O)/C=C/c2cccc(N)c2)CC1. The third-order valence-corrected chi connectivity index (χ3v) is 3.81. The lowest BCUT2D eigenvalue weighted by Gasteiger charge is -2.31. The second-order valence-corrected chi connectivity index (χ2v) is 6.52. The van der Waals surface area contributed by atoms with Crippen LogP contribution in [0.15, 0.2) is 42.0 Å². The number of amides is 1. The zero-order valence-electron chi connectivity index (χ0n) is 13.1. The summed E-state index contributed by atoms with van der Waals surface area (Å²) in [7, 11) is 0. The van der Waals surface area contributed by atoms with Crippen LogP contribution < -0.4 is 5.73 Å². The summed E-state index contributed by atoms with van der Waals surface area (Å²) in [5.74, 6) is 0.0571. The first-order chi connectivity index (χ1) is 9.86. The quantitative estimate of drug-likeness (QED) is 0.513. The van der Waals surface area contributed by atoms with Gasteiger partial charge in [-0.1, -0.05) is 44.6 Å². The summed E-state index contributed by atoms with van der Waals surface area (Å²) in [5.41, 5.74) is 9.02. The molecule has 2 N–H and O–H groups in total. The summed E-state index contributed by atoms with van der Waals surface area (Å²) in [4.78, 5) is 14.1. The molecule has 2 rings (SSSR count). The summed E-state index contributed by atoms with van der Waals surface area (Å²) >= 11 is 0. The van der Waals surface area contributed by atoms with Gasteiger partial charge >= 0.3 is 0 Å². The maximum absolute atomic E-state index is 12.2. The summed E-state index contributed by atoms with van der Waals surface area (Å²) in [6.07, 6.45) is 6.60. The maximum atomic E-state index is 12.2. The molecule has 21 heavy (non-hydrogen) atoms. The third kappa shape index (κ3) is 4.22. The molecule has 0 spiro atoms. The number of hydrogen-bond acceptors (Lipinski definition) is 2. The van der Waals surface area contributed by atoms with Gasteiger partial charge in [-0.05, 0) is 35.6 Å². The van der Waals surface area contributed by atoms with Crippen LogP contribution in [0.3, 0.4) is 0 Å². The molecule has 3 heteroatoms. The lowest BCUT2D eigenvalue weighted by Crippen LogP contribution is -2.35. The van der Waals surface area contributed by atoms with Crippen LogP contribution in [0, 0.1) is 5.41 Å². The van der Waals surface area contributed by atoms with Crippen molar-refractivity contribution in [3.05, 3.63) is 47.6 Å². The second kappa shape index (κ2) is 6.17. The van der Waals surface area contributed by atoms with Crippen molar-refractivity contribution in [1.29, 1.82) is 0 Å². The Balaban J connectivity index is 1.98. The molecule has 0 aromatic heterocycles. The molecule has 0 radical (unpaired) electrons. The van der Waals surface area contributed by atoms with Gasteiger partial charge in [-0.2, -0.15) is 0 Å². The van der Waals surface area contributed by atoms with Crippen LogP contribution in [0.25, 0.3) is 6.08 Å². The lowest BCUT2D eigenvalue weighted by atomic mass is 9.83. The van der Waals surface area contributed by atoms with Gasteiger partial charge in [0, 0.05) is 24.9 Å². The van der Waals surface area contributed by atoms with Crippen LogP contribution in [0.4, 0.5) is 5.69 Å². The van der Waals surface area contributed by atoms with E-state index in [-0.39, 0.29) is 11.3 Å². The van der Waals surface area contributed by atoms with E-state index in [1.54, 1.807) is 6.08 Å². The minimum Gasteiger partial charge on any atom is -0.399 e. The van der Waals surface area contributed by atoms with Crippen molar-refractivity contribution in [2.24, 2.45) is 5.41 Å². The van der Waals surface area contributed by atoms with Gasteiger partial charge in [-0.15, -0.1) is 0 Å². The van der Waals surface area contributed by atoms with Gasteiger partial charge < -0.3 is 10.6 Å². The highest BCUT2D eigenvalue weighted by Gasteiger charge is 2.22. The van der Waals surface area contributed by atoms with Crippen LogP contribution in [-0.2, 0) is 4.79 Å². The van der Waals surface area contributed by atoms with Crippen molar-refractivity contribution in [3.8, 4) is 0 Å². The maximum Gasteiger partial charge on any atom is 0.246 e. The van der Waals surface area contributed by atoms with Crippen LogP contribution in [0.5, 0.6) is 0 Å². The van der Waals surface area contributed by atoms with Crippen molar-refractivity contribution < 1.29 is 4.79 Å². The smallest absolute Gasteiger partial charge is 0.246 e. The fourth-order valence-electron chi connectivity index (χ4n) is 2.49. The van der Waals surface area contributed by atoms with Crippen LogP contribution >= 0.6 is 0 Å². The summed E-state index contributed by atoms with van der Waals surface area (Å²) < 4.78 is 0. The fraction of sp³-hybridized carbons (Fsp3) is 0.389. The second-order valence-electron chi connectivity index (χ2n) is 6.52. The topological polar surface area (TPSA) is 46.3 Å². The number of nitrogens with zero attached hydrogens (tertiary/aromatic N) is 1. The van der Waals surface area contributed by atoms with Crippen LogP contribution in [0.2, 0.25) is 0 Å². The minimum absolute atomic E-state index is 0.0571. The Hall–Kier alpha value is -2.03. The van der Waals surface area contributed by atoms with Crippen LogP contribution in [0.1, 0.15) is 32.8 Å². The molecule has 1 amide bonds. The van der Waals surface area contributed by atoms with Crippen molar-refractivity contribution in [2.75, 3.05) is 18.8 Å². The predicted octanol–water partition coefficient (Wildman–Crippen LogP) is 3.49. The average Bonchev–Trinajstić information content (AvgIpc) is 2.44. The Morgan fingerprint density at radius 1 is 1.33 bits per heavy atom. The van der Waals surface area contributed by atoms with Crippen molar-refractivity contribution in [1.82, 2.24) is 4.90 Å². The molecule has 1 aliphatic rings. The van der Waals surface area contributed by atoms with E-state index >= 15 is 0 Å². The molecule has 0 aliphatic carbocycles. The Labute approximate surface area is 127 Å². The van der Waals surface area contributed by atoms with Gasteiger partial charge in [0.15, 0.2) is 0 Å². The average molecular weight is 284 g/mol. The number of benzene rings is 1. The fourth-order valence-corrected chi connectivity index (χ4v) is 2.49. The van der Waals surface area contributed by atoms with E-state index in [4.69, 9.17) is 5.73 Å². The molecule has 1 aromatic rings. The zero-order valence-corrected chi connectivity index (χ0v) is 13.1. The Morgan fingerprint density at radius 2 is 2.10 bits per heavy atom. The summed E-state index contributed by atoms with van der Waals surface area (Å²) in [6, 6.07) is 7.52. The number of hydrogen-bond donors (Lipinski definition) is 1. The van der Waals surface area contributed by atoms with Crippen molar-refractivity contribution in [2.45, 2.75) is 27.2 Å². The number of carbonyl (C=O) groups is 1. The van der Waals surface area contributed by atoms with Gasteiger partial charge in [-0.3, -0.25) is 4.79 Å². The number of anilines is 1. The van der Waals surface area contributed by atoms with E-state index in [0.717, 1.165) is 18.5 Å². The Kier molecular flexibility index (Phi) is 4.51. The molecule has 0 unspecified atom stereocenters. The first kappa shape index (κ1) is 15.4. The van der Waals surface area contributed by atoms with Gasteiger partial charge in [0.1, 0.15) is 0 Å². The predicted molar refractivity (Wildman–Crippen MR) is 88.6 cm³/mol. The van der Waals surface area contributed by atoms with E-state index in [2.05, 4.69) is 26.8 Å². The highest BCUT2D eigenvalue weighted by molar-refractivity contribution is 5.92. The summed E-state index contributed by atoms with van der Waals surface area (Å²) in [5, 5.41) is 0. The van der Waals surface area contributed by atoms with E-state index in [0.29, 0.717) is 12.2 Å². The Bertz CT molecular complexity index is 579. The molecule has 112 valence electrons. The molecule has 1 aliphatic heterocycles. The summed E-state index contributed by atoms with van der Waals surface area (Å²) in [6.45, 7) is 8.15. The largest absolute Gasteiger partial charge is 0.399 e. The molecular formula is C18H24N2O. The van der Waals surface area contributed by atoms with Gasteiger partial charge in [0.05, 0.1) is 0 Å². The van der Waals surface area contributed by atoms with E-state index in [9.17, 15) is 4.79 Å². The van der Waals surface area contributed by atoms with E-state index in [1.807, 2.05) is 35.2 Å². The molecule has 0 saturated carbocycles. The zero-order chi connectivity index (χ0) is 15.5. The highest BCUT2D eigenvalue weighted by Crippen LogP contribution is 2.30. The molecule has 1 aromatic carbocycles. The Morgan fingerprint density at radius 3 is 2.67 bits per heavy atom. The first-order valence-corrected chi connectivity index (χ1v) is 7.38. The molecule has 1 heterocycles. The molecule has 0 bridgehead atoms. The van der Waals surface area contributed by atoms with Gasteiger partial charge in [-0.25, -0.2) is 0 Å². The van der Waals surface area contributed by atoms with Crippen LogP contribution in [-0.4, -0.2) is 23.9 Å². The van der Waals surface area contributed by atoms with Crippen molar-refractivity contribution in [3.63, 3.8) is 0 Å². The van der Waals surface area contributed by atoms with Gasteiger partial charge in [0.25, 0.3) is 0 Å². The molecule has 0 fully saturated rings. The standard InChI is InChI=1S/C18H24N2O/c1-18(2,3)15-9-11-20(12-10-15)17(21)8-7-14-5-4-6-16(19)13-14/h4-9,13H,10-12,19H2,1-3H3/b8-7+. The van der Waals surface area contributed by atoms with Crippen molar-refractivity contribution >= 4 is 17.7 Å². The van der Waals surface area contributed by atoms with E-state index < -0.39 is 0 Å². The molecule has 3 nitrogen and oxygen atoms in total. The first-order valence-electron chi connectivity index (χ1n) is 7.38.